The van der Waals surface area contributed by atoms with Crippen molar-refractivity contribution in [3.8, 4) is 16.9 Å². The van der Waals surface area contributed by atoms with Gasteiger partial charge in [0.15, 0.2) is 5.75 Å². The molecule has 0 amide bonds. The zero-order valence-corrected chi connectivity index (χ0v) is 10.4. The van der Waals surface area contributed by atoms with Gasteiger partial charge in [-0.15, -0.1) is 0 Å². The second kappa shape index (κ2) is 4.89. The number of carbonyl (C=O) groups is 1. The molecule has 0 fully saturated rings. The lowest BCUT2D eigenvalue weighted by atomic mass is 9.99. The van der Waals surface area contributed by atoms with Crippen molar-refractivity contribution in [1.29, 1.82) is 0 Å². The summed E-state index contributed by atoms with van der Waals surface area (Å²) in [4.78, 5) is 11.1. The Morgan fingerprint density at radius 2 is 1.79 bits per heavy atom. The molecule has 0 saturated heterocycles. The summed E-state index contributed by atoms with van der Waals surface area (Å²) in [5.41, 5.74) is 14.1. The van der Waals surface area contributed by atoms with E-state index in [0.717, 1.165) is 5.56 Å². The highest BCUT2D eigenvalue weighted by molar-refractivity contribution is 5.97. The van der Waals surface area contributed by atoms with Crippen molar-refractivity contribution in [2.75, 3.05) is 18.6 Å². The fraction of sp³-hybridized carbons (Fsp3) is 0.0714. The van der Waals surface area contributed by atoms with Gasteiger partial charge in [-0.25, -0.2) is 4.79 Å². The first-order valence-electron chi connectivity index (χ1n) is 5.61. The van der Waals surface area contributed by atoms with Crippen LogP contribution in [0.15, 0.2) is 36.4 Å². The van der Waals surface area contributed by atoms with E-state index in [4.69, 9.17) is 21.3 Å². The summed E-state index contributed by atoms with van der Waals surface area (Å²) in [5.74, 6) is -0.940. The lowest BCUT2D eigenvalue weighted by molar-refractivity contribution is 0.0693. The Labute approximate surface area is 110 Å². The van der Waals surface area contributed by atoms with Crippen LogP contribution in [-0.2, 0) is 0 Å². The fourth-order valence-electron chi connectivity index (χ4n) is 1.97. The van der Waals surface area contributed by atoms with Gasteiger partial charge in [0, 0.05) is 16.8 Å². The molecule has 2 aromatic rings. The van der Waals surface area contributed by atoms with Crippen LogP contribution in [0.1, 0.15) is 10.4 Å². The third-order valence-corrected chi connectivity index (χ3v) is 2.88. The fourth-order valence-corrected chi connectivity index (χ4v) is 1.97. The number of aromatic carboxylic acids is 1. The standard InChI is InChI=1S/C14H14N2O3/c1-19-13-10(14(17)18)7-6-9(12(13)16)8-4-2-3-5-11(8)15/h2-7H,15-16H2,1H3,(H,17,18). The van der Waals surface area contributed by atoms with Gasteiger partial charge in [-0.1, -0.05) is 24.3 Å². The average Bonchev–Trinajstić information content (AvgIpc) is 2.39. The third kappa shape index (κ3) is 2.18. The Hall–Kier alpha value is -2.69. The zero-order valence-electron chi connectivity index (χ0n) is 10.4. The number of hydrogen-bond donors (Lipinski definition) is 3. The molecule has 0 heterocycles. The number of nitrogen functional groups attached to an aromatic ring is 2. The lowest BCUT2D eigenvalue weighted by Crippen LogP contribution is -2.05. The summed E-state index contributed by atoms with van der Waals surface area (Å²) in [6.45, 7) is 0. The molecule has 0 radical (unpaired) electrons. The topological polar surface area (TPSA) is 98.6 Å². The van der Waals surface area contributed by atoms with Gasteiger partial charge in [-0.2, -0.15) is 0 Å². The third-order valence-electron chi connectivity index (χ3n) is 2.88. The smallest absolute Gasteiger partial charge is 0.339 e. The normalized spacial score (nSPS) is 10.2. The number of para-hydroxylation sites is 1. The molecule has 2 aromatic carbocycles. The van der Waals surface area contributed by atoms with Gasteiger partial charge in [0.2, 0.25) is 0 Å². The second-order valence-corrected chi connectivity index (χ2v) is 4.00. The van der Waals surface area contributed by atoms with Crippen molar-refractivity contribution in [1.82, 2.24) is 0 Å². The number of rotatable bonds is 3. The number of carboxylic acids is 1. The number of nitrogens with two attached hydrogens (primary N) is 2. The first-order chi connectivity index (χ1) is 9.06. The van der Waals surface area contributed by atoms with Crippen LogP contribution >= 0.6 is 0 Å². The summed E-state index contributed by atoms with van der Waals surface area (Å²) in [6, 6.07) is 10.3. The van der Waals surface area contributed by atoms with Gasteiger partial charge in [0.1, 0.15) is 5.56 Å². The number of methoxy groups -OCH3 is 1. The summed E-state index contributed by atoms with van der Waals surface area (Å²) in [7, 11) is 1.39. The van der Waals surface area contributed by atoms with Crippen molar-refractivity contribution >= 4 is 17.3 Å². The molecule has 2 rings (SSSR count). The van der Waals surface area contributed by atoms with E-state index in [2.05, 4.69) is 0 Å². The van der Waals surface area contributed by atoms with Crippen LogP contribution in [0.25, 0.3) is 11.1 Å². The van der Waals surface area contributed by atoms with Gasteiger partial charge in [0.05, 0.1) is 12.8 Å². The van der Waals surface area contributed by atoms with Crippen molar-refractivity contribution in [2.45, 2.75) is 0 Å². The largest absolute Gasteiger partial charge is 0.494 e. The number of carboxylic acid groups (broad SMARTS) is 1. The van der Waals surface area contributed by atoms with Crippen molar-refractivity contribution in [3.05, 3.63) is 42.0 Å². The van der Waals surface area contributed by atoms with E-state index in [1.807, 2.05) is 18.2 Å². The van der Waals surface area contributed by atoms with Crippen LogP contribution in [0.3, 0.4) is 0 Å². The van der Waals surface area contributed by atoms with E-state index in [1.165, 1.54) is 13.2 Å². The minimum absolute atomic E-state index is 0.0262. The molecule has 0 aliphatic heterocycles. The molecule has 98 valence electrons. The Morgan fingerprint density at radius 3 is 2.37 bits per heavy atom. The number of hydrogen-bond acceptors (Lipinski definition) is 4. The molecule has 5 nitrogen and oxygen atoms in total. The molecular formula is C14H14N2O3. The highest BCUT2D eigenvalue weighted by Gasteiger charge is 2.18. The Morgan fingerprint density at radius 1 is 1.11 bits per heavy atom. The van der Waals surface area contributed by atoms with E-state index in [0.29, 0.717) is 11.3 Å². The maximum atomic E-state index is 11.1. The average molecular weight is 258 g/mol. The van der Waals surface area contributed by atoms with Crippen LogP contribution in [-0.4, -0.2) is 18.2 Å². The van der Waals surface area contributed by atoms with Gasteiger partial charge in [0.25, 0.3) is 0 Å². The van der Waals surface area contributed by atoms with Crippen molar-refractivity contribution in [2.24, 2.45) is 0 Å². The highest BCUT2D eigenvalue weighted by atomic mass is 16.5. The summed E-state index contributed by atoms with van der Waals surface area (Å²) in [5, 5.41) is 9.08. The minimum atomic E-state index is -1.09. The molecule has 0 aromatic heterocycles. The van der Waals surface area contributed by atoms with E-state index in [1.54, 1.807) is 12.1 Å². The summed E-state index contributed by atoms with van der Waals surface area (Å²) >= 11 is 0. The van der Waals surface area contributed by atoms with Gasteiger partial charge < -0.3 is 21.3 Å². The molecule has 0 atom stereocenters. The summed E-state index contributed by atoms with van der Waals surface area (Å²) < 4.78 is 5.09. The monoisotopic (exact) mass is 258 g/mol. The highest BCUT2D eigenvalue weighted by Crippen LogP contribution is 2.38. The van der Waals surface area contributed by atoms with Crippen LogP contribution in [0, 0.1) is 0 Å². The molecule has 0 spiro atoms. The molecule has 0 unspecified atom stereocenters. The first-order valence-corrected chi connectivity index (χ1v) is 5.61. The Balaban J connectivity index is 2.68. The first kappa shape index (κ1) is 12.8. The minimum Gasteiger partial charge on any atom is -0.494 e. The van der Waals surface area contributed by atoms with Gasteiger partial charge in [-0.05, 0) is 12.1 Å². The molecule has 0 saturated carbocycles. The summed E-state index contributed by atoms with van der Waals surface area (Å²) in [6.07, 6.45) is 0. The number of anilines is 2. The maximum Gasteiger partial charge on any atom is 0.339 e. The van der Waals surface area contributed by atoms with E-state index in [9.17, 15) is 4.79 Å². The number of ether oxygens (including phenoxy) is 1. The molecule has 5 N–H and O–H groups in total. The van der Waals surface area contributed by atoms with E-state index >= 15 is 0 Å². The molecule has 0 aliphatic carbocycles. The maximum absolute atomic E-state index is 11.1. The predicted octanol–water partition coefficient (Wildman–Crippen LogP) is 2.22. The van der Waals surface area contributed by atoms with Crippen molar-refractivity contribution < 1.29 is 14.6 Å². The lowest BCUT2D eigenvalue weighted by Gasteiger charge is -2.14. The van der Waals surface area contributed by atoms with Crippen LogP contribution < -0.4 is 16.2 Å². The molecule has 19 heavy (non-hydrogen) atoms. The van der Waals surface area contributed by atoms with Crippen LogP contribution in [0.4, 0.5) is 11.4 Å². The van der Waals surface area contributed by atoms with E-state index < -0.39 is 5.97 Å². The molecule has 0 bridgehead atoms. The van der Waals surface area contributed by atoms with Crippen LogP contribution in [0.5, 0.6) is 5.75 Å². The van der Waals surface area contributed by atoms with Gasteiger partial charge >= 0.3 is 5.97 Å². The van der Waals surface area contributed by atoms with Crippen molar-refractivity contribution in [3.63, 3.8) is 0 Å². The molecule has 0 aliphatic rings. The predicted molar refractivity (Wildman–Crippen MR) is 74.2 cm³/mol. The quantitative estimate of drug-likeness (QED) is 0.733. The molecule has 5 heteroatoms. The second-order valence-electron chi connectivity index (χ2n) is 4.00. The molecular weight excluding hydrogens is 244 g/mol. The van der Waals surface area contributed by atoms with E-state index in [-0.39, 0.29) is 17.0 Å². The number of benzene rings is 2. The van der Waals surface area contributed by atoms with Crippen LogP contribution in [0.2, 0.25) is 0 Å². The zero-order chi connectivity index (χ0) is 14.0. The van der Waals surface area contributed by atoms with Gasteiger partial charge in [-0.3, -0.25) is 0 Å². The SMILES string of the molecule is COc1c(C(=O)O)ccc(-c2ccccc2N)c1N. The Bertz CT molecular complexity index is 639. The Kier molecular flexibility index (Phi) is 3.29.